The fraction of sp³-hybridized carbons (Fsp3) is 0.450. The molecular weight excluding hydrogens is 332 g/mol. The average molecular weight is 358 g/mol. The first-order chi connectivity index (χ1) is 12.2. The summed E-state index contributed by atoms with van der Waals surface area (Å²) in [5.41, 5.74) is 2.63. The smallest absolute Gasteiger partial charge is 0.337 e. The molecule has 6 heteroatoms. The van der Waals surface area contributed by atoms with Crippen molar-refractivity contribution < 1.29 is 19.1 Å². The number of ether oxygens (including phenoxy) is 2. The zero-order valence-electron chi connectivity index (χ0n) is 16.1. The monoisotopic (exact) mass is 358 g/mol. The van der Waals surface area contributed by atoms with Gasteiger partial charge in [-0.1, -0.05) is 6.07 Å². The number of aromatic nitrogens is 1. The van der Waals surface area contributed by atoms with E-state index in [1.165, 1.54) is 0 Å². The maximum atomic E-state index is 12.8. The summed E-state index contributed by atoms with van der Waals surface area (Å²) in [6.07, 6.45) is 1.09. The minimum absolute atomic E-state index is 0.273. The molecule has 1 aromatic heterocycles. The molecule has 0 aromatic carbocycles. The van der Waals surface area contributed by atoms with Crippen molar-refractivity contribution in [3.63, 3.8) is 0 Å². The van der Waals surface area contributed by atoms with Crippen LogP contribution in [0.4, 0.5) is 0 Å². The first kappa shape index (κ1) is 19.7. The number of pyridine rings is 1. The molecule has 0 amide bonds. The van der Waals surface area contributed by atoms with Crippen molar-refractivity contribution in [2.24, 2.45) is 0 Å². The first-order valence-electron chi connectivity index (χ1n) is 8.73. The second-order valence-corrected chi connectivity index (χ2v) is 6.80. The zero-order chi connectivity index (χ0) is 19.4. The summed E-state index contributed by atoms with van der Waals surface area (Å²) in [5.74, 6) is -1.58. The van der Waals surface area contributed by atoms with E-state index >= 15 is 0 Å². The van der Waals surface area contributed by atoms with Gasteiger partial charge in [-0.15, -0.1) is 0 Å². The lowest BCUT2D eigenvalue weighted by molar-refractivity contribution is -0.143. The number of carbonyl (C=O) groups is 2. The zero-order valence-corrected chi connectivity index (χ0v) is 16.1. The van der Waals surface area contributed by atoms with Crippen molar-refractivity contribution in [2.45, 2.75) is 59.7 Å². The van der Waals surface area contributed by atoms with Crippen LogP contribution in [0.5, 0.6) is 0 Å². The largest absolute Gasteiger partial charge is 0.460 e. The van der Waals surface area contributed by atoms with Crippen molar-refractivity contribution in [1.82, 2.24) is 10.3 Å². The van der Waals surface area contributed by atoms with Gasteiger partial charge in [0.25, 0.3) is 0 Å². The fourth-order valence-electron chi connectivity index (χ4n) is 2.93. The predicted molar refractivity (Wildman–Crippen MR) is 98.0 cm³/mol. The lowest BCUT2D eigenvalue weighted by Gasteiger charge is -2.30. The lowest BCUT2D eigenvalue weighted by atomic mass is 9.82. The average Bonchev–Trinajstić information content (AvgIpc) is 2.53. The van der Waals surface area contributed by atoms with E-state index in [1.54, 1.807) is 59.9 Å². The molecule has 0 saturated carbocycles. The highest BCUT2D eigenvalue weighted by Crippen LogP contribution is 2.38. The van der Waals surface area contributed by atoms with Crippen LogP contribution in [0, 0.1) is 0 Å². The Hall–Kier alpha value is -2.63. The number of hydrogen-bond donors (Lipinski definition) is 1. The van der Waals surface area contributed by atoms with Crippen molar-refractivity contribution in [2.75, 3.05) is 0 Å². The standard InChI is InChI=1S/C20H26N2O4/c1-11(2)25-19(23)16-13(5)22-14(6)17(20(24)26-12(3)4)18(16)15-9-7-8-10-21-15/h7-12,18,22H,1-6H3. The maximum Gasteiger partial charge on any atom is 0.337 e. The second-order valence-electron chi connectivity index (χ2n) is 6.80. The molecule has 1 aliphatic rings. The molecule has 0 aliphatic carbocycles. The third-order valence-electron chi connectivity index (χ3n) is 3.87. The van der Waals surface area contributed by atoms with Crippen LogP contribution in [0.3, 0.4) is 0 Å². The highest BCUT2D eigenvalue weighted by Gasteiger charge is 2.39. The van der Waals surface area contributed by atoms with Gasteiger partial charge in [0.1, 0.15) is 0 Å². The van der Waals surface area contributed by atoms with Crippen molar-refractivity contribution in [3.8, 4) is 0 Å². The Labute approximate surface area is 154 Å². The minimum Gasteiger partial charge on any atom is -0.460 e. The third kappa shape index (κ3) is 4.31. The second kappa shape index (κ2) is 8.17. The van der Waals surface area contributed by atoms with Crippen LogP contribution in [0.1, 0.15) is 53.2 Å². The van der Waals surface area contributed by atoms with Crippen LogP contribution in [0.15, 0.2) is 46.9 Å². The van der Waals surface area contributed by atoms with Gasteiger partial charge in [-0.3, -0.25) is 4.98 Å². The molecule has 26 heavy (non-hydrogen) atoms. The summed E-state index contributed by atoms with van der Waals surface area (Å²) < 4.78 is 10.8. The van der Waals surface area contributed by atoms with Gasteiger partial charge in [-0.05, 0) is 53.7 Å². The van der Waals surface area contributed by atoms with E-state index in [0.717, 1.165) is 0 Å². The number of hydrogen-bond acceptors (Lipinski definition) is 6. The summed E-state index contributed by atoms with van der Waals surface area (Å²) in [4.78, 5) is 29.9. The Kier molecular flexibility index (Phi) is 6.18. The minimum atomic E-state index is -0.644. The van der Waals surface area contributed by atoms with Gasteiger partial charge in [0.2, 0.25) is 0 Å². The molecule has 2 heterocycles. The van der Waals surface area contributed by atoms with Crippen molar-refractivity contribution in [3.05, 3.63) is 52.6 Å². The van der Waals surface area contributed by atoms with E-state index in [4.69, 9.17) is 9.47 Å². The Morgan fingerprint density at radius 3 is 1.85 bits per heavy atom. The molecule has 1 aromatic rings. The molecule has 6 nitrogen and oxygen atoms in total. The van der Waals surface area contributed by atoms with Crippen LogP contribution in [-0.4, -0.2) is 29.1 Å². The van der Waals surface area contributed by atoms with Gasteiger partial charge in [-0.2, -0.15) is 0 Å². The highest BCUT2D eigenvalue weighted by molar-refractivity contribution is 5.99. The van der Waals surface area contributed by atoms with Gasteiger partial charge in [-0.25, -0.2) is 9.59 Å². The van der Waals surface area contributed by atoms with Crippen LogP contribution in [0.2, 0.25) is 0 Å². The van der Waals surface area contributed by atoms with Crippen LogP contribution in [-0.2, 0) is 19.1 Å². The molecule has 0 spiro atoms. The number of rotatable bonds is 5. The first-order valence-corrected chi connectivity index (χ1v) is 8.73. The molecule has 0 fully saturated rings. The normalized spacial score (nSPS) is 15.4. The number of allylic oxidation sites excluding steroid dienone is 2. The van der Waals surface area contributed by atoms with E-state index in [0.29, 0.717) is 28.2 Å². The maximum absolute atomic E-state index is 12.8. The van der Waals surface area contributed by atoms with Crippen LogP contribution < -0.4 is 5.32 Å². The molecule has 0 atom stereocenters. The van der Waals surface area contributed by atoms with Gasteiger partial charge in [0, 0.05) is 17.6 Å². The summed E-state index contributed by atoms with van der Waals surface area (Å²) >= 11 is 0. The quantitative estimate of drug-likeness (QED) is 0.815. The van der Waals surface area contributed by atoms with Crippen molar-refractivity contribution >= 4 is 11.9 Å². The molecule has 0 bridgehead atoms. The Bertz CT molecular complexity index is 704. The van der Waals surface area contributed by atoms with Gasteiger partial charge in [0.05, 0.1) is 35.0 Å². The van der Waals surface area contributed by atoms with Crippen LogP contribution >= 0.6 is 0 Å². The summed E-state index contributed by atoms with van der Waals surface area (Å²) in [5, 5.41) is 3.12. The van der Waals surface area contributed by atoms with Crippen molar-refractivity contribution in [1.29, 1.82) is 0 Å². The molecule has 1 aliphatic heterocycles. The predicted octanol–water partition coefficient (Wildman–Crippen LogP) is 3.22. The Morgan fingerprint density at radius 2 is 1.46 bits per heavy atom. The number of nitrogens with zero attached hydrogens (tertiary/aromatic N) is 1. The topological polar surface area (TPSA) is 77.5 Å². The Morgan fingerprint density at radius 1 is 0.962 bits per heavy atom. The molecule has 140 valence electrons. The van der Waals surface area contributed by atoms with Gasteiger partial charge >= 0.3 is 11.9 Å². The number of nitrogens with one attached hydrogen (secondary N) is 1. The molecule has 0 saturated heterocycles. The summed E-state index contributed by atoms with van der Waals surface area (Å²) in [7, 11) is 0. The highest BCUT2D eigenvalue weighted by atomic mass is 16.5. The SMILES string of the molecule is CC1=C(C(=O)OC(C)C)C(c2ccccn2)C(C(=O)OC(C)C)=C(C)N1. The van der Waals surface area contributed by atoms with E-state index in [9.17, 15) is 9.59 Å². The van der Waals surface area contributed by atoms with E-state index in [-0.39, 0.29) is 12.2 Å². The van der Waals surface area contributed by atoms with Gasteiger partial charge < -0.3 is 14.8 Å². The Balaban J connectivity index is 2.58. The molecule has 0 unspecified atom stereocenters. The summed E-state index contributed by atoms with van der Waals surface area (Å²) in [6.45, 7) is 10.7. The molecule has 2 rings (SSSR count). The third-order valence-corrected chi connectivity index (χ3v) is 3.87. The lowest BCUT2D eigenvalue weighted by Crippen LogP contribution is -2.34. The molecule has 1 N–H and O–H groups in total. The number of esters is 2. The van der Waals surface area contributed by atoms with E-state index in [1.807, 2.05) is 6.07 Å². The fourth-order valence-corrected chi connectivity index (χ4v) is 2.93. The van der Waals surface area contributed by atoms with Crippen LogP contribution in [0.25, 0.3) is 0 Å². The number of carbonyl (C=O) groups excluding carboxylic acids is 2. The van der Waals surface area contributed by atoms with Gasteiger partial charge in [0.15, 0.2) is 0 Å². The summed E-state index contributed by atoms with van der Waals surface area (Å²) in [6, 6.07) is 5.41. The molecule has 0 radical (unpaired) electrons. The molecular formula is C20H26N2O4. The van der Waals surface area contributed by atoms with E-state index < -0.39 is 17.9 Å². The van der Waals surface area contributed by atoms with E-state index in [2.05, 4.69) is 10.3 Å². The number of dihydropyridines is 1.